The van der Waals surface area contributed by atoms with Crippen molar-refractivity contribution in [2.24, 2.45) is 11.3 Å². The first-order valence-electron chi connectivity index (χ1n) is 9.98. The first-order valence-corrected chi connectivity index (χ1v) is 12.0. The molecule has 0 aromatic heterocycles. The van der Waals surface area contributed by atoms with E-state index in [1.165, 1.54) is 37.2 Å². The summed E-state index contributed by atoms with van der Waals surface area (Å²) in [5, 5.41) is 11.4. The highest BCUT2D eigenvalue weighted by Gasteiger charge is 2.56. The lowest BCUT2D eigenvalue weighted by Crippen LogP contribution is -2.46. The summed E-state index contributed by atoms with van der Waals surface area (Å²) in [6.07, 6.45) is 7.13. The number of allylic oxidation sites excluding steroid dienone is 1. The molecule has 5 heteroatoms. The minimum Gasteiger partial charge on any atom is -0.392 e. The minimum atomic E-state index is -0.307. The molecule has 2 fully saturated rings. The van der Waals surface area contributed by atoms with Gasteiger partial charge < -0.3 is 14.6 Å². The van der Waals surface area contributed by atoms with Gasteiger partial charge in [-0.3, -0.25) is 0 Å². The van der Waals surface area contributed by atoms with Crippen LogP contribution >= 0.6 is 23.5 Å². The molecular weight excluding hydrogens is 352 g/mol. The molecule has 142 valence electrons. The molecule has 0 bridgehead atoms. The molecule has 25 heavy (non-hydrogen) atoms. The number of thioether (sulfide) groups is 2. The van der Waals surface area contributed by atoms with E-state index in [-0.39, 0.29) is 21.9 Å². The van der Waals surface area contributed by atoms with Crippen LogP contribution in [0.1, 0.15) is 58.8 Å². The Morgan fingerprint density at radius 1 is 1.20 bits per heavy atom. The first-order chi connectivity index (χ1) is 12.1. The molecule has 3 nitrogen and oxygen atoms in total. The van der Waals surface area contributed by atoms with Gasteiger partial charge in [-0.25, -0.2) is 0 Å². The van der Waals surface area contributed by atoms with Crippen LogP contribution in [0.25, 0.3) is 0 Å². The summed E-state index contributed by atoms with van der Waals surface area (Å²) in [4.78, 5) is 0. The highest BCUT2D eigenvalue weighted by molar-refractivity contribution is 8.21. The van der Waals surface area contributed by atoms with Crippen LogP contribution in [-0.4, -0.2) is 46.3 Å². The van der Waals surface area contributed by atoms with Crippen molar-refractivity contribution in [3.63, 3.8) is 0 Å². The topological polar surface area (TPSA) is 38.7 Å². The minimum absolute atomic E-state index is 0.0942. The first kappa shape index (κ1) is 18.7. The van der Waals surface area contributed by atoms with Crippen molar-refractivity contribution in [3.8, 4) is 0 Å². The number of hydrogen-bond acceptors (Lipinski definition) is 5. The van der Waals surface area contributed by atoms with Crippen LogP contribution in [0.2, 0.25) is 0 Å². The predicted octanol–water partition coefficient (Wildman–Crippen LogP) is 4.59. The molecule has 4 rings (SSSR count). The molecule has 2 aliphatic carbocycles. The predicted molar refractivity (Wildman–Crippen MR) is 106 cm³/mol. The summed E-state index contributed by atoms with van der Waals surface area (Å²) < 4.78 is 11.7. The van der Waals surface area contributed by atoms with Gasteiger partial charge in [-0.2, -0.15) is 0 Å². The van der Waals surface area contributed by atoms with Crippen molar-refractivity contribution < 1.29 is 14.6 Å². The molecule has 0 aromatic carbocycles. The normalized spacial score (nSPS) is 36.8. The van der Waals surface area contributed by atoms with Crippen LogP contribution < -0.4 is 0 Å². The summed E-state index contributed by atoms with van der Waals surface area (Å²) in [5.74, 6) is 3.04. The van der Waals surface area contributed by atoms with Crippen LogP contribution in [-0.2, 0) is 9.47 Å². The standard InChI is InChI=1S/C20H32O3S2/c1-14-4-5-15-8-9-20(24-12-13-25-20)18(15)19(14,2)16(21)6-7-17-22-10-3-11-23-17/h14,16-17,21H,3-13H2,1-2H3/t14-,16+,19-/m1/s1. The van der Waals surface area contributed by atoms with Crippen molar-refractivity contribution in [2.75, 3.05) is 24.7 Å². The fourth-order valence-electron chi connectivity index (χ4n) is 5.35. The quantitative estimate of drug-likeness (QED) is 0.718. The summed E-state index contributed by atoms with van der Waals surface area (Å²) in [7, 11) is 0. The van der Waals surface area contributed by atoms with Crippen molar-refractivity contribution in [2.45, 2.75) is 75.3 Å². The molecular formula is C20H32O3S2. The highest BCUT2D eigenvalue weighted by Crippen LogP contribution is 2.66. The molecule has 1 spiro atoms. The van der Waals surface area contributed by atoms with Gasteiger partial charge in [-0.1, -0.05) is 19.4 Å². The number of ether oxygens (including phenoxy) is 2. The zero-order valence-corrected chi connectivity index (χ0v) is 17.2. The van der Waals surface area contributed by atoms with E-state index in [0.29, 0.717) is 5.92 Å². The Hall–Kier alpha value is 0.320. The maximum atomic E-state index is 11.4. The van der Waals surface area contributed by atoms with E-state index in [4.69, 9.17) is 9.47 Å². The van der Waals surface area contributed by atoms with E-state index in [1.54, 1.807) is 11.1 Å². The molecule has 4 aliphatic rings. The third kappa shape index (κ3) is 3.22. The zero-order chi connectivity index (χ0) is 17.5. The molecule has 0 radical (unpaired) electrons. The summed E-state index contributed by atoms with van der Waals surface area (Å²) in [6.45, 7) is 6.29. The van der Waals surface area contributed by atoms with Crippen LogP contribution in [0.4, 0.5) is 0 Å². The molecule has 0 unspecified atom stereocenters. The van der Waals surface area contributed by atoms with Gasteiger partial charge in [-0.15, -0.1) is 23.5 Å². The van der Waals surface area contributed by atoms with E-state index >= 15 is 0 Å². The molecule has 2 saturated heterocycles. The van der Waals surface area contributed by atoms with E-state index in [0.717, 1.165) is 32.5 Å². The van der Waals surface area contributed by atoms with Gasteiger partial charge in [0.1, 0.15) is 0 Å². The van der Waals surface area contributed by atoms with E-state index < -0.39 is 0 Å². The maximum Gasteiger partial charge on any atom is 0.157 e. The lowest BCUT2D eigenvalue weighted by Gasteiger charge is -2.49. The smallest absolute Gasteiger partial charge is 0.157 e. The Morgan fingerprint density at radius 2 is 1.92 bits per heavy atom. The number of aliphatic hydroxyl groups excluding tert-OH is 1. The van der Waals surface area contributed by atoms with Crippen LogP contribution in [0.5, 0.6) is 0 Å². The molecule has 0 saturated carbocycles. The van der Waals surface area contributed by atoms with Gasteiger partial charge in [0, 0.05) is 23.3 Å². The SMILES string of the molecule is C[C@@H]1CCC2=C(C3(CC2)SCCS3)[C@@]1(C)[C@@H](O)CCC1OCCCO1. The lowest BCUT2D eigenvalue weighted by atomic mass is 9.61. The Morgan fingerprint density at radius 3 is 2.64 bits per heavy atom. The average Bonchev–Trinajstić information content (AvgIpc) is 3.25. The molecule has 0 aromatic rings. The average molecular weight is 385 g/mol. The second kappa shape index (κ2) is 7.38. The summed E-state index contributed by atoms with van der Waals surface area (Å²) >= 11 is 4.30. The third-order valence-electron chi connectivity index (χ3n) is 6.95. The van der Waals surface area contributed by atoms with Gasteiger partial charge in [0.05, 0.1) is 23.4 Å². The van der Waals surface area contributed by atoms with Crippen LogP contribution in [0.15, 0.2) is 11.1 Å². The number of fused-ring (bicyclic) bond motifs is 1. The number of rotatable bonds is 4. The highest BCUT2D eigenvalue weighted by atomic mass is 32.2. The van der Waals surface area contributed by atoms with Crippen molar-refractivity contribution in [3.05, 3.63) is 11.1 Å². The maximum absolute atomic E-state index is 11.4. The van der Waals surface area contributed by atoms with Gasteiger partial charge in [-0.05, 0) is 50.0 Å². The number of hydrogen-bond donors (Lipinski definition) is 1. The molecule has 2 heterocycles. The Labute approximate surface area is 160 Å². The molecule has 3 atom stereocenters. The monoisotopic (exact) mass is 384 g/mol. The van der Waals surface area contributed by atoms with E-state index in [2.05, 4.69) is 37.4 Å². The Balaban J connectivity index is 1.55. The molecule has 2 aliphatic heterocycles. The van der Waals surface area contributed by atoms with Crippen molar-refractivity contribution >= 4 is 23.5 Å². The molecule has 0 amide bonds. The van der Waals surface area contributed by atoms with Crippen molar-refractivity contribution in [1.29, 1.82) is 0 Å². The fourth-order valence-corrected chi connectivity index (χ4v) is 9.02. The zero-order valence-electron chi connectivity index (χ0n) is 15.6. The van der Waals surface area contributed by atoms with Crippen molar-refractivity contribution in [1.82, 2.24) is 0 Å². The third-order valence-corrected chi connectivity index (χ3v) is 10.5. The summed E-state index contributed by atoms with van der Waals surface area (Å²) in [5.41, 5.74) is 3.21. The van der Waals surface area contributed by atoms with Crippen LogP contribution in [0, 0.1) is 11.3 Å². The Kier molecular flexibility index (Phi) is 5.52. The number of aliphatic hydroxyl groups is 1. The lowest BCUT2D eigenvalue weighted by molar-refractivity contribution is -0.185. The molecule has 1 N–H and O–H groups in total. The van der Waals surface area contributed by atoms with E-state index in [9.17, 15) is 5.11 Å². The second-order valence-corrected chi connectivity index (χ2v) is 11.3. The van der Waals surface area contributed by atoms with E-state index in [1.807, 2.05) is 0 Å². The fraction of sp³-hybridized carbons (Fsp3) is 0.900. The largest absolute Gasteiger partial charge is 0.392 e. The van der Waals surface area contributed by atoms with Gasteiger partial charge in [0.2, 0.25) is 0 Å². The van der Waals surface area contributed by atoms with Gasteiger partial charge >= 0.3 is 0 Å². The Bertz CT molecular complexity index is 523. The van der Waals surface area contributed by atoms with Crippen LogP contribution in [0.3, 0.4) is 0 Å². The van der Waals surface area contributed by atoms with Gasteiger partial charge in [0.15, 0.2) is 6.29 Å². The van der Waals surface area contributed by atoms with Gasteiger partial charge in [0.25, 0.3) is 0 Å². The summed E-state index contributed by atoms with van der Waals surface area (Å²) in [6, 6.07) is 0. The second-order valence-electron chi connectivity index (χ2n) is 8.27.